The average Bonchev–Trinajstić information content (AvgIpc) is 2.93. The Morgan fingerprint density at radius 3 is 2.33 bits per heavy atom. The van der Waals surface area contributed by atoms with E-state index in [4.69, 9.17) is 4.65 Å². The molecule has 0 heterocycles. The maximum atomic E-state index is 13.1. The molecule has 1 radical (unpaired) electrons. The van der Waals surface area contributed by atoms with Gasteiger partial charge in [-0.15, -0.1) is 0 Å². The molecule has 1 N–H and O–H groups in total. The molecule has 0 fully saturated rings. The van der Waals surface area contributed by atoms with Crippen LogP contribution >= 0.6 is 0 Å². The lowest BCUT2D eigenvalue weighted by molar-refractivity contribution is -0.0893. The van der Waals surface area contributed by atoms with Crippen LogP contribution in [-0.2, 0) is 4.65 Å². The van der Waals surface area contributed by atoms with E-state index in [1.165, 1.54) is 0 Å². The Hall–Kier alpha value is -2.43. The van der Waals surface area contributed by atoms with Crippen molar-refractivity contribution in [3.05, 3.63) is 65.7 Å². The number of carbonyl (C=O) groups is 1. The van der Waals surface area contributed by atoms with Gasteiger partial charge in [-0.05, 0) is 55.6 Å². The first-order chi connectivity index (χ1) is 12.7. The van der Waals surface area contributed by atoms with Gasteiger partial charge in [0.1, 0.15) is 0 Å². The molecule has 0 aliphatic heterocycles. The van der Waals surface area contributed by atoms with Crippen LogP contribution in [0.25, 0.3) is 21.9 Å². The SMILES string of the molecule is CC(C)(O)C(C)(C)O[B]c1cccc2c1C(=O)c1ccc3ccccc3c1-2. The van der Waals surface area contributed by atoms with E-state index in [1.807, 2.05) is 56.3 Å². The molecular formula is C23H22BO3. The van der Waals surface area contributed by atoms with Crippen molar-refractivity contribution >= 4 is 29.5 Å². The van der Waals surface area contributed by atoms with Crippen molar-refractivity contribution in [2.75, 3.05) is 0 Å². The van der Waals surface area contributed by atoms with Crippen LogP contribution in [0.1, 0.15) is 43.6 Å². The van der Waals surface area contributed by atoms with Crippen LogP contribution in [0.2, 0.25) is 0 Å². The number of hydrogen-bond donors (Lipinski definition) is 1. The third kappa shape index (κ3) is 2.80. The second-order valence-electron chi connectivity index (χ2n) is 8.11. The summed E-state index contributed by atoms with van der Waals surface area (Å²) in [6.45, 7) is 7.08. The summed E-state index contributed by atoms with van der Waals surface area (Å²) in [5, 5.41) is 12.5. The zero-order valence-electron chi connectivity index (χ0n) is 16.0. The Labute approximate surface area is 160 Å². The lowest BCUT2D eigenvalue weighted by atomic mass is 9.79. The minimum absolute atomic E-state index is 0.0160. The fraction of sp³-hybridized carbons (Fsp3) is 0.261. The summed E-state index contributed by atoms with van der Waals surface area (Å²) in [4.78, 5) is 13.1. The van der Waals surface area contributed by atoms with Crippen LogP contribution in [0.5, 0.6) is 0 Å². The second kappa shape index (κ2) is 6.05. The quantitative estimate of drug-likeness (QED) is 0.564. The first kappa shape index (κ1) is 18.0. The highest BCUT2D eigenvalue weighted by atomic mass is 16.5. The molecule has 0 saturated carbocycles. The van der Waals surface area contributed by atoms with Gasteiger partial charge >= 0.3 is 7.48 Å². The summed E-state index contributed by atoms with van der Waals surface area (Å²) in [6.07, 6.45) is 0. The molecule has 4 rings (SSSR count). The van der Waals surface area contributed by atoms with E-state index >= 15 is 0 Å². The molecule has 0 aromatic heterocycles. The van der Waals surface area contributed by atoms with Crippen molar-refractivity contribution in [3.63, 3.8) is 0 Å². The molecule has 0 amide bonds. The number of ketones is 1. The largest absolute Gasteiger partial charge is 0.427 e. The van der Waals surface area contributed by atoms with Crippen molar-refractivity contribution < 1.29 is 14.6 Å². The third-order valence-corrected chi connectivity index (χ3v) is 5.72. The monoisotopic (exact) mass is 357 g/mol. The van der Waals surface area contributed by atoms with Gasteiger partial charge in [-0.1, -0.05) is 48.5 Å². The summed E-state index contributed by atoms with van der Waals surface area (Å²) in [7, 11) is 1.60. The Morgan fingerprint density at radius 2 is 1.59 bits per heavy atom. The van der Waals surface area contributed by atoms with E-state index in [0.717, 1.165) is 32.9 Å². The van der Waals surface area contributed by atoms with Gasteiger partial charge in [-0.25, -0.2) is 0 Å². The van der Waals surface area contributed by atoms with Crippen LogP contribution in [0.3, 0.4) is 0 Å². The van der Waals surface area contributed by atoms with Crippen LogP contribution in [-0.4, -0.2) is 29.6 Å². The topological polar surface area (TPSA) is 46.5 Å². The molecule has 1 aliphatic rings. The van der Waals surface area contributed by atoms with Crippen LogP contribution in [0.15, 0.2) is 54.6 Å². The zero-order chi connectivity index (χ0) is 19.4. The molecule has 135 valence electrons. The summed E-state index contributed by atoms with van der Waals surface area (Å²) in [5.74, 6) is 0.0160. The molecule has 4 heteroatoms. The molecule has 0 spiro atoms. The summed E-state index contributed by atoms with van der Waals surface area (Å²) < 4.78 is 5.91. The summed E-state index contributed by atoms with van der Waals surface area (Å²) in [6, 6.07) is 17.8. The van der Waals surface area contributed by atoms with E-state index in [2.05, 4.69) is 12.1 Å². The van der Waals surface area contributed by atoms with Crippen LogP contribution in [0.4, 0.5) is 0 Å². The van der Waals surface area contributed by atoms with Gasteiger partial charge in [0, 0.05) is 16.7 Å². The summed E-state index contributed by atoms with van der Waals surface area (Å²) in [5.41, 5.74) is 2.23. The van der Waals surface area contributed by atoms with Gasteiger partial charge < -0.3 is 9.76 Å². The van der Waals surface area contributed by atoms with E-state index < -0.39 is 11.2 Å². The fourth-order valence-electron chi connectivity index (χ4n) is 3.37. The van der Waals surface area contributed by atoms with E-state index in [-0.39, 0.29) is 5.78 Å². The maximum Gasteiger partial charge on any atom is 0.331 e. The molecule has 0 bridgehead atoms. The lowest BCUT2D eigenvalue weighted by Crippen LogP contribution is -2.49. The van der Waals surface area contributed by atoms with Gasteiger partial charge in [0.15, 0.2) is 5.78 Å². The molecule has 0 saturated heterocycles. The molecule has 27 heavy (non-hydrogen) atoms. The Kier molecular flexibility index (Phi) is 4.02. The minimum Gasteiger partial charge on any atom is -0.427 e. The predicted octanol–water partition coefficient (Wildman–Crippen LogP) is 3.86. The maximum absolute atomic E-state index is 13.1. The van der Waals surface area contributed by atoms with Crippen LogP contribution < -0.4 is 5.46 Å². The number of carbonyl (C=O) groups excluding carboxylic acids is 1. The first-order valence-electron chi connectivity index (χ1n) is 9.14. The Morgan fingerprint density at radius 1 is 0.852 bits per heavy atom. The predicted molar refractivity (Wildman–Crippen MR) is 110 cm³/mol. The standard InChI is InChI=1S/C23H22BO3/c1-22(2,26)23(3,4)27-24-18-11-7-10-16-19-15-9-6-5-8-14(15)12-13-17(19)21(25)20(16)18/h5-13,26H,1-4H3. The first-order valence-corrected chi connectivity index (χ1v) is 9.14. The Bertz CT molecular complexity index is 1060. The molecule has 0 atom stereocenters. The number of benzene rings is 3. The second-order valence-corrected chi connectivity index (χ2v) is 8.11. The summed E-state index contributed by atoms with van der Waals surface area (Å²) >= 11 is 0. The van der Waals surface area contributed by atoms with E-state index in [9.17, 15) is 9.90 Å². The van der Waals surface area contributed by atoms with Crippen molar-refractivity contribution in [3.8, 4) is 11.1 Å². The highest BCUT2D eigenvalue weighted by Crippen LogP contribution is 2.40. The highest BCUT2D eigenvalue weighted by Gasteiger charge is 2.37. The number of fused-ring (bicyclic) bond motifs is 5. The lowest BCUT2D eigenvalue weighted by Gasteiger charge is -2.37. The van der Waals surface area contributed by atoms with Crippen molar-refractivity contribution in [2.45, 2.75) is 38.9 Å². The number of hydrogen-bond acceptors (Lipinski definition) is 3. The average molecular weight is 357 g/mol. The van der Waals surface area contributed by atoms with Crippen molar-refractivity contribution in [1.82, 2.24) is 0 Å². The Balaban J connectivity index is 1.80. The van der Waals surface area contributed by atoms with E-state index in [0.29, 0.717) is 5.56 Å². The van der Waals surface area contributed by atoms with Crippen LogP contribution in [0, 0.1) is 0 Å². The smallest absolute Gasteiger partial charge is 0.331 e. The van der Waals surface area contributed by atoms with Crippen molar-refractivity contribution in [1.29, 1.82) is 0 Å². The molecule has 3 nitrogen and oxygen atoms in total. The fourth-order valence-corrected chi connectivity index (χ4v) is 3.37. The van der Waals surface area contributed by atoms with Gasteiger partial charge in [-0.2, -0.15) is 0 Å². The number of aliphatic hydroxyl groups is 1. The molecule has 0 unspecified atom stereocenters. The van der Waals surface area contributed by atoms with E-state index in [1.54, 1.807) is 21.3 Å². The van der Waals surface area contributed by atoms with Gasteiger partial charge in [0.2, 0.25) is 0 Å². The molecule has 3 aromatic carbocycles. The molecular weight excluding hydrogens is 335 g/mol. The number of rotatable bonds is 4. The zero-order valence-corrected chi connectivity index (χ0v) is 16.0. The van der Waals surface area contributed by atoms with Crippen molar-refractivity contribution in [2.24, 2.45) is 0 Å². The third-order valence-electron chi connectivity index (χ3n) is 5.72. The van der Waals surface area contributed by atoms with Gasteiger partial charge in [0.05, 0.1) is 11.2 Å². The molecule has 1 aliphatic carbocycles. The normalized spacial score (nSPS) is 13.6. The highest BCUT2D eigenvalue weighted by molar-refractivity contribution is 6.51. The van der Waals surface area contributed by atoms with Gasteiger partial charge in [0.25, 0.3) is 0 Å². The minimum atomic E-state index is -1.02. The van der Waals surface area contributed by atoms with Gasteiger partial charge in [-0.3, -0.25) is 4.79 Å². The molecule has 3 aromatic rings.